The maximum Gasteiger partial charge on any atom is 0.257 e. The van der Waals surface area contributed by atoms with E-state index in [4.69, 9.17) is 9.95 Å². The molecule has 0 spiro atoms. The van der Waals surface area contributed by atoms with Crippen LogP contribution in [0.5, 0.6) is 0 Å². The van der Waals surface area contributed by atoms with Gasteiger partial charge in [0, 0.05) is 18.0 Å². The molecule has 1 aromatic rings. The summed E-state index contributed by atoms with van der Waals surface area (Å²) < 4.78 is 5.30. The quantitative estimate of drug-likeness (QED) is 0.434. The van der Waals surface area contributed by atoms with Gasteiger partial charge in [0.1, 0.15) is 11.5 Å². The first-order valence-corrected chi connectivity index (χ1v) is 5.02. The Hall–Kier alpha value is -1.94. The molecular weight excluding hydrogens is 208 g/mol. The average Bonchev–Trinajstić information content (AvgIpc) is 2.50. The van der Waals surface area contributed by atoms with Gasteiger partial charge < -0.3 is 9.32 Å². The molecule has 0 atom stereocenters. The number of hydrogen-bond donors (Lipinski definition) is 0. The molecule has 0 radical (unpaired) electrons. The van der Waals surface area contributed by atoms with Gasteiger partial charge in [-0.05, 0) is 25.4 Å². The summed E-state index contributed by atoms with van der Waals surface area (Å²) in [6.07, 6.45) is 0. The highest BCUT2D eigenvalue weighted by Crippen LogP contribution is 2.20. The molecule has 1 saturated heterocycles. The summed E-state index contributed by atoms with van der Waals surface area (Å²) in [5.41, 5.74) is 8.83. The van der Waals surface area contributed by atoms with Crippen LogP contribution in [-0.4, -0.2) is 29.9 Å². The van der Waals surface area contributed by atoms with Gasteiger partial charge in [0.2, 0.25) is 0 Å². The Morgan fingerprint density at radius 1 is 1.62 bits per heavy atom. The van der Waals surface area contributed by atoms with Crippen molar-refractivity contribution in [2.45, 2.75) is 19.9 Å². The summed E-state index contributed by atoms with van der Waals surface area (Å²) >= 11 is 0. The molecule has 16 heavy (non-hydrogen) atoms. The van der Waals surface area contributed by atoms with E-state index in [9.17, 15) is 4.79 Å². The minimum absolute atomic E-state index is 0.0567. The summed E-state index contributed by atoms with van der Waals surface area (Å²) in [6, 6.07) is 1.65. The molecule has 84 valence electrons. The molecular formula is C10H12N4O2. The first-order chi connectivity index (χ1) is 7.61. The minimum Gasteiger partial charge on any atom is -0.466 e. The lowest BCUT2D eigenvalue weighted by atomic mass is 10.1. The van der Waals surface area contributed by atoms with E-state index in [-0.39, 0.29) is 11.9 Å². The molecule has 1 aromatic heterocycles. The molecule has 6 heteroatoms. The smallest absolute Gasteiger partial charge is 0.257 e. The van der Waals surface area contributed by atoms with E-state index in [0.29, 0.717) is 24.4 Å². The molecule has 0 N–H and O–H groups in total. The fraction of sp³-hybridized carbons (Fsp3) is 0.500. The Labute approximate surface area is 92.5 Å². The number of aryl methyl sites for hydroxylation is 2. The molecule has 0 saturated carbocycles. The second-order valence-electron chi connectivity index (χ2n) is 3.90. The van der Waals surface area contributed by atoms with Crippen molar-refractivity contribution >= 4 is 5.91 Å². The topological polar surface area (TPSA) is 82.2 Å². The minimum atomic E-state index is -0.0812. The van der Waals surface area contributed by atoms with Crippen molar-refractivity contribution in [2.75, 3.05) is 13.1 Å². The van der Waals surface area contributed by atoms with Gasteiger partial charge in [0.25, 0.3) is 5.91 Å². The van der Waals surface area contributed by atoms with Crippen LogP contribution in [0.2, 0.25) is 0 Å². The fourth-order valence-electron chi connectivity index (χ4n) is 1.78. The van der Waals surface area contributed by atoms with Gasteiger partial charge in [-0.3, -0.25) is 4.79 Å². The third-order valence-corrected chi connectivity index (χ3v) is 2.64. The van der Waals surface area contributed by atoms with Gasteiger partial charge in [-0.25, -0.2) is 0 Å². The van der Waals surface area contributed by atoms with E-state index in [1.165, 1.54) is 0 Å². The molecule has 6 nitrogen and oxygen atoms in total. The van der Waals surface area contributed by atoms with Gasteiger partial charge in [0.15, 0.2) is 0 Å². The van der Waals surface area contributed by atoms with Gasteiger partial charge >= 0.3 is 0 Å². The second kappa shape index (κ2) is 3.90. The molecule has 0 aliphatic carbocycles. The Morgan fingerprint density at radius 2 is 2.31 bits per heavy atom. The summed E-state index contributed by atoms with van der Waals surface area (Å²) in [5.74, 6) is 1.31. The normalized spacial score (nSPS) is 15.5. The first kappa shape index (κ1) is 10.6. The number of hydrogen-bond acceptors (Lipinski definition) is 3. The van der Waals surface area contributed by atoms with Crippen LogP contribution in [0, 0.1) is 13.8 Å². The van der Waals surface area contributed by atoms with Crippen molar-refractivity contribution in [3.63, 3.8) is 0 Å². The Morgan fingerprint density at radius 3 is 2.81 bits per heavy atom. The lowest BCUT2D eigenvalue weighted by Gasteiger charge is -2.36. The van der Waals surface area contributed by atoms with Crippen LogP contribution in [0.25, 0.3) is 10.4 Å². The third-order valence-electron chi connectivity index (χ3n) is 2.64. The predicted molar refractivity (Wildman–Crippen MR) is 57.0 cm³/mol. The molecule has 1 aliphatic heterocycles. The number of nitrogens with zero attached hydrogens (tertiary/aromatic N) is 4. The van der Waals surface area contributed by atoms with Gasteiger partial charge in [-0.15, -0.1) is 0 Å². The standard InChI is InChI=1S/C10H12N4O2/c1-6-3-9(7(2)16-6)10(15)14-4-8(5-14)12-13-11/h3,8H,4-5H2,1-2H3. The van der Waals surface area contributed by atoms with Crippen molar-refractivity contribution in [3.05, 3.63) is 33.6 Å². The number of amides is 1. The summed E-state index contributed by atoms with van der Waals surface area (Å²) in [4.78, 5) is 16.3. The summed E-state index contributed by atoms with van der Waals surface area (Å²) in [7, 11) is 0. The zero-order chi connectivity index (χ0) is 11.7. The maximum absolute atomic E-state index is 11.9. The van der Waals surface area contributed by atoms with Crippen LogP contribution in [0.15, 0.2) is 15.6 Å². The molecule has 0 bridgehead atoms. The first-order valence-electron chi connectivity index (χ1n) is 5.02. The van der Waals surface area contributed by atoms with Crippen molar-refractivity contribution in [3.8, 4) is 0 Å². The molecule has 0 unspecified atom stereocenters. The van der Waals surface area contributed by atoms with Crippen molar-refractivity contribution in [1.29, 1.82) is 0 Å². The third kappa shape index (κ3) is 1.75. The van der Waals surface area contributed by atoms with Crippen LogP contribution in [0.4, 0.5) is 0 Å². The zero-order valence-electron chi connectivity index (χ0n) is 9.17. The molecule has 1 aliphatic rings. The van der Waals surface area contributed by atoms with E-state index >= 15 is 0 Å². The zero-order valence-corrected chi connectivity index (χ0v) is 9.17. The second-order valence-corrected chi connectivity index (χ2v) is 3.90. The molecule has 2 heterocycles. The number of carbonyl (C=O) groups excluding carboxylic acids is 1. The predicted octanol–water partition coefficient (Wildman–Crippen LogP) is 2.03. The maximum atomic E-state index is 11.9. The Kier molecular flexibility index (Phi) is 2.58. The molecule has 1 amide bonds. The van der Waals surface area contributed by atoms with Crippen molar-refractivity contribution in [2.24, 2.45) is 5.11 Å². The van der Waals surface area contributed by atoms with Crippen LogP contribution in [0.3, 0.4) is 0 Å². The largest absolute Gasteiger partial charge is 0.466 e. The summed E-state index contributed by atoms with van der Waals surface area (Å²) in [5, 5.41) is 3.55. The highest BCUT2D eigenvalue weighted by Gasteiger charge is 2.31. The Bertz CT molecular complexity index is 467. The highest BCUT2D eigenvalue weighted by molar-refractivity contribution is 5.95. The average molecular weight is 220 g/mol. The molecule has 2 rings (SSSR count). The SMILES string of the molecule is Cc1cc(C(=O)N2CC(N=[N+]=[N-])C2)c(C)o1. The number of rotatable bonds is 2. The van der Waals surface area contributed by atoms with E-state index in [1.54, 1.807) is 17.9 Å². The summed E-state index contributed by atoms with van der Waals surface area (Å²) in [6.45, 7) is 4.56. The molecule has 1 fully saturated rings. The van der Waals surface area contributed by atoms with E-state index in [0.717, 1.165) is 5.76 Å². The van der Waals surface area contributed by atoms with E-state index in [2.05, 4.69) is 10.0 Å². The lowest BCUT2D eigenvalue weighted by molar-refractivity contribution is 0.0607. The number of azide groups is 1. The van der Waals surface area contributed by atoms with E-state index < -0.39 is 0 Å². The fourth-order valence-corrected chi connectivity index (χ4v) is 1.78. The van der Waals surface area contributed by atoms with Crippen LogP contribution in [0.1, 0.15) is 21.9 Å². The monoisotopic (exact) mass is 220 g/mol. The van der Waals surface area contributed by atoms with Gasteiger partial charge in [0.05, 0.1) is 11.6 Å². The number of carbonyl (C=O) groups is 1. The number of likely N-dealkylation sites (tertiary alicyclic amines) is 1. The highest BCUT2D eigenvalue weighted by atomic mass is 16.3. The van der Waals surface area contributed by atoms with Gasteiger partial charge in [-0.1, -0.05) is 5.11 Å². The number of furan rings is 1. The lowest BCUT2D eigenvalue weighted by Crippen LogP contribution is -2.52. The molecule has 0 aromatic carbocycles. The Balaban J connectivity index is 2.05. The van der Waals surface area contributed by atoms with Crippen LogP contribution in [-0.2, 0) is 0 Å². The van der Waals surface area contributed by atoms with Crippen molar-refractivity contribution in [1.82, 2.24) is 4.90 Å². The van der Waals surface area contributed by atoms with Crippen LogP contribution < -0.4 is 0 Å². The van der Waals surface area contributed by atoms with Gasteiger partial charge in [-0.2, -0.15) is 0 Å². The van der Waals surface area contributed by atoms with Crippen molar-refractivity contribution < 1.29 is 9.21 Å². The van der Waals surface area contributed by atoms with Crippen LogP contribution >= 0.6 is 0 Å². The van der Waals surface area contributed by atoms with E-state index in [1.807, 2.05) is 6.92 Å².